The third-order valence-corrected chi connectivity index (χ3v) is 15.6. The topological polar surface area (TPSA) is 435 Å². The summed E-state index contributed by atoms with van der Waals surface area (Å²) in [6.45, 7) is 7.84. The Morgan fingerprint density at radius 3 is 0.955 bits per heavy atom. The third-order valence-electron chi connectivity index (χ3n) is 15.6. The standard InChI is InChI=1S/C63H88N18O8/c1-35(2)27-49-57(85)80-51(29-37-32-71-43-18-8-5-15-40(37)43)59(87)76-48(23-14-26-70-63(67)68)55(83)75-47(22-13-25-69-62(65)66)54(82)74-46(21-11-12-24-64)56(84)79-52(30-38-33-72-44-19-9-6-16-41(38)44)60(88)77-50(28-36(3)4)58(86)81-53(61(89)78-49)31-39-34-73-45-20-10-7-17-42(39)45/h5-10,15-20,32-36,46-53,71-73H,11-14,21-31,64H2,1-4H3,(H,74,82)(H,75,83)(H,76,87)(H,77,88)(H,78,89)(H,79,84)(H,80,85)(H,81,86)(H4,65,66,69)(H4,67,68,70)/t46-,47+,48-,49-,50-,51+,52+,53+/m1/s1. The van der Waals surface area contributed by atoms with E-state index < -0.39 is 95.6 Å². The van der Waals surface area contributed by atoms with E-state index in [-0.39, 0.29) is 108 Å². The number of aromatic amines is 3. The first-order valence-electron chi connectivity index (χ1n) is 30.6. The summed E-state index contributed by atoms with van der Waals surface area (Å²) in [5.74, 6) is -6.85. The average Bonchev–Trinajstić information content (AvgIpc) is 2.20. The minimum atomic E-state index is -1.39. The summed E-state index contributed by atoms with van der Waals surface area (Å²) < 4.78 is 0. The monoisotopic (exact) mass is 1220 g/mol. The molecule has 8 atom stereocenters. The lowest BCUT2D eigenvalue weighted by atomic mass is 9.98. The van der Waals surface area contributed by atoms with Crippen LogP contribution >= 0.6 is 0 Å². The van der Waals surface area contributed by atoms with Gasteiger partial charge in [-0.1, -0.05) is 82.3 Å². The first-order valence-corrected chi connectivity index (χ1v) is 30.6. The van der Waals surface area contributed by atoms with Gasteiger partial charge in [-0.2, -0.15) is 0 Å². The lowest BCUT2D eigenvalue weighted by molar-refractivity contribution is -0.137. The van der Waals surface area contributed by atoms with Gasteiger partial charge in [0.1, 0.15) is 48.3 Å². The molecule has 0 saturated carbocycles. The van der Waals surface area contributed by atoms with Gasteiger partial charge in [0.15, 0.2) is 11.9 Å². The average molecular weight is 1230 g/mol. The molecule has 0 bridgehead atoms. The number of para-hydroxylation sites is 3. The molecule has 0 spiro atoms. The van der Waals surface area contributed by atoms with E-state index in [1.165, 1.54) is 0 Å². The Labute approximate surface area is 517 Å². The number of guanidine groups is 2. The summed E-state index contributed by atoms with van der Waals surface area (Å²) in [7, 11) is 0. The maximum atomic E-state index is 15.2. The second-order valence-corrected chi connectivity index (χ2v) is 23.6. The molecule has 89 heavy (non-hydrogen) atoms. The number of H-pyrrole nitrogens is 3. The number of unbranched alkanes of at least 4 members (excludes halogenated alkanes) is 1. The van der Waals surface area contributed by atoms with E-state index >= 15 is 24.0 Å². The van der Waals surface area contributed by atoms with E-state index in [9.17, 15) is 14.4 Å². The molecule has 3 aromatic carbocycles. The highest BCUT2D eigenvalue weighted by Gasteiger charge is 2.37. The molecule has 1 aliphatic rings. The molecule has 8 amide bonds. The van der Waals surface area contributed by atoms with Gasteiger partial charge in [0.2, 0.25) is 47.3 Å². The van der Waals surface area contributed by atoms with Crippen molar-refractivity contribution >= 4 is 91.9 Å². The summed E-state index contributed by atoms with van der Waals surface area (Å²) in [5.41, 5.74) is 32.8. The predicted octanol–water partition coefficient (Wildman–Crippen LogP) is 1.38. The number of aromatic nitrogens is 3. The van der Waals surface area contributed by atoms with Gasteiger partial charge in [0, 0.05) is 83.7 Å². The lowest BCUT2D eigenvalue weighted by Gasteiger charge is -2.30. The smallest absolute Gasteiger partial charge is 0.243 e. The first-order chi connectivity index (χ1) is 42.7. The number of benzene rings is 3. The third kappa shape index (κ3) is 19.5. The Bertz CT molecular complexity index is 3470. The Hall–Kier alpha value is -9.46. The molecule has 1 saturated heterocycles. The van der Waals surface area contributed by atoms with E-state index in [0.717, 1.165) is 32.7 Å². The molecule has 0 unspecified atom stereocenters. The highest BCUT2D eigenvalue weighted by Crippen LogP contribution is 2.24. The van der Waals surface area contributed by atoms with Crippen molar-refractivity contribution in [1.29, 1.82) is 0 Å². The van der Waals surface area contributed by atoms with E-state index in [0.29, 0.717) is 29.5 Å². The molecule has 0 radical (unpaired) electrons. The first kappa shape index (κ1) is 67.1. The summed E-state index contributed by atoms with van der Waals surface area (Å²) in [4.78, 5) is 138. The predicted molar refractivity (Wildman–Crippen MR) is 343 cm³/mol. The van der Waals surface area contributed by atoms with Crippen molar-refractivity contribution in [3.63, 3.8) is 0 Å². The zero-order valence-corrected chi connectivity index (χ0v) is 51.1. The van der Waals surface area contributed by atoms with Crippen molar-refractivity contribution in [2.45, 2.75) is 153 Å². The van der Waals surface area contributed by atoms with Crippen LogP contribution < -0.4 is 71.2 Å². The van der Waals surface area contributed by atoms with E-state index in [2.05, 4.69) is 67.5 Å². The van der Waals surface area contributed by atoms with Crippen LogP contribution in [0.4, 0.5) is 0 Å². The molecule has 1 aliphatic heterocycles. The Kier molecular flexibility index (Phi) is 24.5. The van der Waals surface area contributed by atoms with Crippen LogP contribution in [0.5, 0.6) is 0 Å². The molecular weight excluding hydrogens is 1140 g/mol. The van der Waals surface area contributed by atoms with Crippen LogP contribution in [0, 0.1) is 11.8 Å². The molecule has 4 heterocycles. The van der Waals surface area contributed by atoms with Crippen LogP contribution in [-0.2, 0) is 57.6 Å². The highest BCUT2D eigenvalue weighted by atomic mass is 16.2. The van der Waals surface area contributed by atoms with Gasteiger partial charge in [-0.15, -0.1) is 0 Å². The van der Waals surface area contributed by atoms with Crippen molar-refractivity contribution in [2.75, 3.05) is 19.6 Å². The molecule has 6 aromatic rings. The zero-order chi connectivity index (χ0) is 64.1. The van der Waals surface area contributed by atoms with Crippen LogP contribution in [0.15, 0.2) is 101 Å². The molecule has 3 aromatic heterocycles. The molecule has 26 nitrogen and oxygen atoms in total. The van der Waals surface area contributed by atoms with E-state index in [1.807, 2.05) is 100 Å². The second-order valence-electron chi connectivity index (χ2n) is 23.6. The number of aliphatic imine (C=N–C) groups is 2. The van der Waals surface area contributed by atoms with Crippen LogP contribution in [0.25, 0.3) is 32.7 Å². The molecule has 478 valence electrons. The Morgan fingerprint density at radius 1 is 0.382 bits per heavy atom. The number of nitrogens with two attached hydrogens (primary N) is 5. The quantitative estimate of drug-likeness (QED) is 0.0260. The number of nitrogens with one attached hydrogen (secondary N) is 11. The van der Waals surface area contributed by atoms with Gasteiger partial charge in [0.05, 0.1) is 0 Å². The molecule has 1 fully saturated rings. The van der Waals surface area contributed by atoms with Crippen molar-refractivity contribution < 1.29 is 38.4 Å². The minimum Gasteiger partial charge on any atom is -0.370 e. The fourth-order valence-corrected chi connectivity index (χ4v) is 11.1. The van der Waals surface area contributed by atoms with Gasteiger partial charge < -0.3 is 86.2 Å². The molecule has 21 N–H and O–H groups in total. The van der Waals surface area contributed by atoms with Crippen LogP contribution in [-0.4, -0.2) is 142 Å². The number of rotatable bonds is 22. The Balaban J connectivity index is 1.35. The largest absolute Gasteiger partial charge is 0.370 e. The normalized spacial score (nSPS) is 21.5. The van der Waals surface area contributed by atoms with Crippen LogP contribution in [0.1, 0.15) is 102 Å². The molecule has 26 heteroatoms. The number of carbonyl (C=O) groups is 8. The summed E-state index contributed by atoms with van der Waals surface area (Å²) in [6.07, 6.45) is 6.19. The van der Waals surface area contributed by atoms with Gasteiger partial charge in [-0.05, 0) is 111 Å². The minimum absolute atomic E-state index is 0.0498. The van der Waals surface area contributed by atoms with Gasteiger partial charge >= 0.3 is 0 Å². The van der Waals surface area contributed by atoms with Crippen LogP contribution in [0.3, 0.4) is 0 Å². The molecule has 7 rings (SSSR count). The lowest BCUT2D eigenvalue weighted by Crippen LogP contribution is -2.62. The SMILES string of the molecule is CC(C)C[C@H]1NC(=O)[C@H](Cc2c[nH]c3ccccc23)NC(=O)[C@@H](CCCCN)NC(=O)[C@H](CCCN=C(N)N)NC(=O)[C@@H](CCCN=C(N)N)NC(=O)[C@H](Cc2c[nH]c3ccccc23)NC(=O)[C@@H](CC(C)C)NC(=O)[C@H](Cc2c[nH]c3ccccc23)NC1=O. The maximum Gasteiger partial charge on any atom is 0.243 e. The van der Waals surface area contributed by atoms with Gasteiger partial charge in [-0.3, -0.25) is 48.3 Å². The Morgan fingerprint density at radius 2 is 0.652 bits per heavy atom. The fourth-order valence-electron chi connectivity index (χ4n) is 11.1. The van der Waals surface area contributed by atoms with Crippen molar-refractivity contribution in [1.82, 2.24) is 57.5 Å². The number of fused-ring (bicyclic) bond motifs is 3. The second kappa shape index (κ2) is 32.5. The number of hydrogen-bond acceptors (Lipinski definition) is 11. The number of amides is 8. The van der Waals surface area contributed by atoms with Gasteiger partial charge in [0.25, 0.3) is 0 Å². The maximum absolute atomic E-state index is 15.2. The number of hydrogen-bond donors (Lipinski definition) is 16. The van der Waals surface area contributed by atoms with E-state index in [1.54, 1.807) is 18.6 Å². The van der Waals surface area contributed by atoms with Gasteiger partial charge in [-0.25, -0.2) is 0 Å². The van der Waals surface area contributed by atoms with Crippen LogP contribution in [0.2, 0.25) is 0 Å². The van der Waals surface area contributed by atoms with Crippen molar-refractivity contribution in [3.05, 3.63) is 108 Å². The highest BCUT2D eigenvalue weighted by molar-refractivity contribution is 6.00. The van der Waals surface area contributed by atoms with Crippen molar-refractivity contribution in [3.8, 4) is 0 Å². The van der Waals surface area contributed by atoms with Crippen molar-refractivity contribution in [2.24, 2.45) is 50.5 Å². The van der Waals surface area contributed by atoms with E-state index in [4.69, 9.17) is 28.7 Å². The fraction of sp³-hybridized carbons (Fsp3) is 0.460. The summed E-state index contributed by atoms with van der Waals surface area (Å²) >= 11 is 0. The molecular formula is C63H88N18O8. The number of nitrogens with zero attached hydrogens (tertiary/aromatic N) is 2. The summed E-state index contributed by atoms with van der Waals surface area (Å²) in [5, 5.41) is 25.4. The summed E-state index contributed by atoms with van der Waals surface area (Å²) in [6, 6.07) is 11.5. The zero-order valence-electron chi connectivity index (χ0n) is 51.1. The molecule has 0 aliphatic carbocycles. The number of carbonyl (C=O) groups excluding carboxylic acids is 8.